The molecule has 1 fully saturated rings. The SMILES string of the molecule is Cn1ncc(CNC(=O)CCC2CCCCC2)c1N. The van der Waals surface area contributed by atoms with Gasteiger partial charge in [-0.1, -0.05) is 32.1 Å². The van der Waals surface area contributed by atoms with Crippen LogP contribution < -0.4 is 11.1 Å². The second-order valence-corrected chi connectivity index (χ2v) is 5.50. The molecule has 106 valence electrons. The topological polar surface area (TPSA) is 72.9 Å². The third kappa shape index (κ3) is 3.98. The third-order valence-electron chi connectivity index (χ3n) is 4.04. The van der Waals surface area contributed by atoms with Gasteiger partial charge in [0.2, 0.25) is 5.91 Å². The summed E-state index contributed by atoms with van der Waals surface area (Å²) in [5.41, 5.74) is 6.71. The zero-order valence-electron chi connectivity index (χ0n) is 11.7. The highest BCUT2D eigenvalue weighted by Gasteiger charge is 2.15. The highest BCUT2D eigenvalue weighted by Crippen LogP contribution is 2.27. The van der Waals surface area contributed by atoms with Gasteiger partial charge in [-0.05, 0) is 12.3 Å². The van der Waals surface area contributed by atoms with Crippen LogP contribution in [0.3, 0.4) is 0 Å². The molecule has 0 aromatic carbocycles. The summed E-state index contributed by atoms with van der Waals surface area (Å²) in [5, 5.41) is 6.97. The maximum Gasteiger partial charge on any atom is 0.220 e. The third-order valence-corrected chi connectivity index (χ3v) is 4.04. The number of nitrogens with two attached hydrogens (primary N) is 1. The largest absolute Gasteiger partial charge is 0.384 e. The Bertz CT molecular complexity index is 421. The molecule has 0 unspecified atom stereocenters. The number of nitrogen functional groups attached to an aromatic ring is 1. The Labute approximate surface area is 114 Å². The molecule has 1 saturated carbocycles. The van der Waals surface area contributed by atoms with Crippen LogP contribution >= 0.6 is 0 Å². The average molecular weight is 264 g/mol. The van der Waals surface area contributed by atoms with Crippen molar-refractivity contribution in [1.82, 2.24) is 15.1 Å². The fourth-order valence-corrected chi connectivity index (χ4v) is 2.72. The number of carbonyl (C=O) groups excluding carboxylic acids is 1. The first-order valence-corrected chi connectivity index (χ1v) is 7.20. The molecule has 0 atom stereocenters. The highest BCUT2D eigenvalue weighted by atomic mass is 16.1. The Morgan fingerprint density at radius 1 is 1.47 bits per heavy atom. The van der Waals surface area contributed by atoms with Gasteiger partial charge in [0.15, 0.2) is 0 Å². The summed E-state index contributed by atoms with van der Waals surface area (Å²) < 4.78 is 1.61. The van der Waals surface area contributed by atoms with Gasteiger partial charge in [-0.25, -0.2) is 0 Å². The van der Waals surface area contributed by atoms with Gasteiger partial charge >= 0.3 is 0 Å². The van der Waals surface area contributed by atoms with Gasteiger partial charge in [-0.2, -0.15) is 5.10 Å². The van der Waals surface area contributed by atoms with Gasteiger partial charge in [0.1, 0.15) is 5.82 Å². The van der Waals surface area contributed by atoms with Crippen LogP contribution in [0.4, 0.5) is 5.82 Å². The van der Waals surface area contributed by atoms with Crippen LogP contribution in [-0.4, -0.2) is 15.7 Å². The van der Waals surface area contributed by atoms with Crippen molar-refractivity contribution in [1.29, 1.82) is 0 Å². The van der Waals surface area contributed by atoms with Gasteiger partial charge in [-0.15, -0.1) is 0 Å². The lowest BCUT2D eigenvalue weighted by molar-refractivity contribution is -0.121. The first-order chi connectivity index (χ1) is 9.16. The fraction of sp³-hybridized carbons (Fsp3) is 0.714. The number of anilines is 1. The zero-order chi connectivity index (χ0) is 13.7. The summed E-state index contributed by atoms with van der Waals surface area (Å²) in [6.45, 7) is 0.475. The number of amides is 1. The molecule has 19 heavy (non-hydrogen) atoms. The number of hydrogen-bond donors (Lipinski definition) is 2. The first kappa shape index (κ1) is 13.9. The minimum Gasteiger partial charge on any atom is -0.384 e. The van der Waals surface area contributed by atoms with Gasteiger partial charge in [0.25, 0.3) is 0 Å². The van der Waals surface area contributed by atoms with E-state index in [-0.39, 0.29) is 5.91 Å². The molecule has 0 aliphatic heterocycles. The molecule has 0 spiro atoms. The van der Waals surface area contributed by atoms with Crippen LogP contribution in [0.2, 0.25) is 0 Å². The van der Waals surface area contributed by atoms with Gasteiger partial charge in [-0.3, -0.25) is 9.48 Å². The number of aryl methyl sites for hydroxylation is 1. The van der Waals surface area contributed by atoms with E-state index in [9.17, 15) is 4.79 Å². The highest BCUT2D eigenvalue weighted by molar-refractivity contribution is 5.76. The second kappa shape index (κ2) is 6.59. The van der Waals surface area contributed by atoms with Crippen molar-refractivity contribution >= 4 is 11.7 Å². The molecule has 1 heterocycles. The second-order valence-electron chi connectivity index (χ2n) is 5.50. The Morgan fingerprint density at radius 3 is 2.84 bits per heavy atom. The molecule has 0 radical (unpaired) electrons. The quantitative estimate of drug-likeness (QED) is 0.854. The van der Waals surface area contributed by atoms with Crippen LogP contribution in [0.5, 0.6) is 0 Å². The monoisotopic (exact) mass is 264 g/mol. The van der Waals surface area contributed by atoms with Gasteiger partial charge < -0.3 is 11.1 Å². The fourth-order valence-electron chi connectivity index (χ4n) is 2.72. The molecule has 3 N–H and O–H groups in total. The van der Waals surface area contributed by atoms with Crippen LogP contribution in [0, 0.1) is 5.92 Å². The molecular weight excluding hydrogens is 240 g/mol. The zero-order valence-corrected chi connectivity index (χ0v) is 11.7. The van der Waals surface area contributed by atoms with Crippen molar-refractivity contribution in [2.75, 3.05) is 5.73 Å². The van der Waals surface area contributed by atoms with Crippen LogP contribution in [0.15, 0.2) is 6.20 Å². The molecule has 0 bridgehead atoms. The summed E-state index contributed by atoms with van der Waals surface area (Å²) in [6, 6.07) is 0. The maximum atomic E-state index is 11.8. The van der Waals surface area contributed by atoms with E-state index in [1.54, 1.807) is 17.9 Å². The number of hydrogen-bond acceptors (Lipinski definition) is 3. The summed E-state index contributed by atoms with van der Waals surface area (Å²) in [7, 11) is 1.80. The summed E-state index contributed by atoms with van der Waals surface area (Å²) >= 11 is 0. The lowest BCUT2D eigenvalue weighted by Gasteiger charge is -2.20. The van der Waals surface area contributed by atoms with Crippen molar-refractivity contribution < 1.29 is 4.79 Å². The van der Waals surface area contributed by atoms with E-state index in [0.29, 0.717) is 18.8 Å². The Kier molecular flexibility index (Phi) is 4.82. The van der Waals surface area contributed by atoms with E-state index in [4.69, 9.17) is 5.73 Å². The summed E-state index contributed by atoms with van der Waals surface area (Å²) in [4.78, 5) is 11.8. The normalized spacial score (nSPS) is 16.5. The number of aromatic nitrogens is 2. The Balaban J connectivity index is 1.68. The van der Waals surface area contributed by atoms with Crippen molar-refractivity contribution in [3.8, 4) is 0 Å². The summed E-state index contributed by atoms with van der Waals surface area (Å²) in [5.74, 6) is 1.49. The number of rotatable bonds is 5. The molecule has 5 heteroatoms. The van der Waals surface area contributed by atoms with E-state index < -0.39 is 0 Å². The predicted octanol–water partition coefficient (Wildman–Crippen LogP) is 1.98. The van der Waals surface area contributed by atoms with Crippen LogP contribution in [-0.2, 0) is 18.4 Å². The lowest BCUT2D eigenvalue weighted by Crippen LogP contribution is -2.23. The van der Waals surface area contributed by atoms with Crippen molar-refractivity contribution in [2.45, 2.75) is 51.5 Å². The minimum absolute atomic E-state index is 0.119. The smallest absolute Gasteiger partial charge is 0.220 e. The van der Waals surface area contributed by atoms with Crippen molar-refractivity contribution in [3.63, 3.8) is 0 Å². The molecule has 1 aliphatic carbocycles. The first-order valence-electron chi connectivity index (χ1n) is 7.20. The van der Waals surface area contributed by atoms with E-state index in [0.717, 1.165) is 17.9 Å². The predicted molar refractivity (Wildman–Crippen MR) is 75.3 cm³/mol. The van der Waals surface area contributed by atoms with Crippen molar-refractivity contribution in [3.05, 3.63) is 11.8 Å². The summed E-state index contributed by atoms with van der Waals surface area (Å²) in [6.07, 6.45) is 9.97. The Morgan fingerprint density at radius 2 is 2.21 bits per heavy atom. The molecule has 1 aromatic heterocycles. The van der Waals surface area contributed by atoms with E-state index in [1.807, 2.05) is 0 Å². The molecule has 1 aliphatic rings. The van der Waals surface area contributed by atoms with Gasteiger partial charge in [0, 0.05) is 25.6 Å². The number of carbonyl (C=O) groups is 1. The van der Waals surface area contributed by atoms with Gasteiger partial charge in [0.05, 0.1) is 6.20 Å². The Hall–Kier alpha value is -1.52. The molecule has 2 rings (SSSR count). The standard InChI is InChI=1S/C14H24N4O/c1-18-14(15)12(10-17-18)9-16-13(19)8-7-11-5-3-2-4-6-11/h10-11H,2-9,15H2,1H3,(H,16,19). The van der Waals surface area contributed by atoms with E-state index >= 15 is 0 Å². The minimum atomic E-state index is 0.119. The molecule has 1 aromatic rings. The number of nitrogens with one attached hydrogen (secondary N) is 1. The average Bonchev–Trinajstić information content (AvgIpc) is 2.75. The van der Waals surface area contributed by atoms with Crippen molar-refractivity contribution in [2.24, 2.45) is 13.0 Å². The molecule has 0 saturated heterocycles. The maximum absolute atomic E-state index is 11.8. The molecular formula is C14H24N4O. The lowest BCUT2D eigenvalue weighted by atomic mass is 9.86. The molecule has 1 amide bonds. The van der Waals surface area contributed by atoms with Crippen LogP contribution in [0.1, 0.15) is 50.5 Å². The van der Waals surface area contributed by atoms with Crippen LogP contribution in [0.25, 0.3) is 0 Å². The molecule has 5 nitrogen and oxygen atoms in total. The number of nitrogens with zero attached hydrogens (tertiary/aromatic N) is 2. The van der Waals surface area contributed by atoms with E-state index in [1.165, 1.54) is 32.1 Å². The van der Waals surface area contributed by atoms with E-state index in [2.05, 4.69) is 10.4 Å².